The smallest absolute Gasteiger partial charge is 0.170 e. The Morgan fingerprint density at radius 1 is 1.38 bits per heavy atom. The van der Waals surface area contributed by atoms with E-state index in [0.717, 1.165) is 5.56 Å². The van der Waals surface area contributed by atoms with Crippen LogP contribution in [-0.2, 0) is 4.79 Å². The maximum absolute atomic E-state index is 10.6. The predicted molar refractivity (Wildman–Crippen MR) is 54.0 cm³/mol. The van der Waals surface area contributed by atoms with Crippen LogP contribution in [0, 0.1) is 0 Å². The molecule has 0 N–H and O–H groups in total. The summed E-state index contributed by atoms with van der Waals surface area (Å²) >= 11 is 0. The minimum absolute atomic E-state index is 0.0113. The lowest BCUT2D eigenvalue weighted by Gasteiger charge is -2.04. The number of rotatable bonds is 3. The Morgan fingerprint density at radius 3 is 2.54 bits per heavy atom. The van der Waals surface area contributed by atoms with Crippen molar-refractivity contribution >= 4 is 12.0 Å². The van der Waals surface area contributed by atoms with Gasteiger partial charge in [0.15, 0.2) is 5.78 Å². The van der Waals surface area contributed by atoms with Gasteiger partial charge in [0, 0.05) is 6.92 Å². The van der Waals surface area contributed by atoms with Gasteiger partial charge >= 0.3 is 0 Å². The van der Waals surface area contributed by atoms with Crippen LogP contribution in [0.3, 0.4) is 0 Å². The van der Waals surface area contributed by atoms with Crippen molar-refractivity contribution in [1.82, 2.24) is 0 Å². The molecule has 0 heterocycles. The van der Waals surface area contributed by atoms with Crippen molar-refractivity contribution in [3.05, 3.63) is 35.9 Å². The Labute approximate surface area is 78.3 Å². The van der Waals surface area contributed by atoms with Gasteiger partial charge in [-0.2, -0.15) is 0 Å². The molecule has 0 spiro atoms. The molecule has 0 unspecified atom stereocenters. The van der Waals surface area contributed by atoms with Crippen LogP contribution in [0.2, 0.25) is 0 Å². The lowest BCUT2D eigenvalue weighted by Crippen LogP contribution is -1.94. The second-order valence-electron chi connectivity index (χ2n) is 2.98. The maximum Gasteiger partial charge on any atom is 0.170 e. The van der Waals surface area contributed by atoms with Crippen LogP contribution in [0.15, 0.2) is 35.3 Å². The van der Waals surface area contributed by atoms with Crippen molar-refractivity contribution in [3.63, 3.8) is 0 Å². The highest BCUT2D eigenvalue weighted by molar-refractivity contribution is 6.26. The molecule has 2 heteroatoms. The van der Waals surface area contributed by atoms with Gasteiger partial charge in [-0.25, -0.2) is 0 Å². The summed E-state index contributed by atoms with van der Waals surface area (Å²) in [5, 5.41) is 0. The highest BCUT2D eigenvalue weighted by atomic mass is 16.1. The Kier molecular flexibility index (Phi) is 3.38. The number of carbonyl (C=O) groups excluding carboxylic acids is 1. The van der Waals surface area contributed by atoms with E-state index in [1.165, 1.54) is 13.1 Å². The van der Waals surface area contributed by atoms with E-state index in [4.69, 9.17) is 0 Å². The second kappa shape index (κ2) is 4.55. The summed E-state index contributed by atoms with van der Waals surface area (Å²) in [6.07, 6.45) is 1.37. The number of hydrogen-bond acceptors (Lipinski definition) is 2. The van der Waals surface area contributed by atoms with Crippen molar-refractivity contribution in [2.24, 2.45) is 4.99 Å². The van der Waals surface area contributed by atoms with Gasteiger partial charge in [-0.15, -0.1) is 0 Å². The highest BCUT2D eigenvalue weighted by Gasteiger charge is 2.00. The van der Waals surface area contributed by atoms with Crippen LogP contribution in [0.5, 0.6) is 0 Å². The molecule has 0 amide bonds. The molecule has 0 saturated heterocycles. The van der Waals surface area contributed by atoms with Gasteiger partial charge in [0.25, 0.3) is 0 Å². The summed E-state index contributed by atoms with van der Waals surface area (Å²) in [5.74, 6) is -0.0113. The van der Waals surface area contributed by atoms with Crippen LogP contribution >= 0.6 is 0 Å². The molecule has 1 rings (SSSR count). The standard InChI is InChI=1S/C11H13NO/c1-9(13)8-12-10(2)11-6-4-3-5-7-11/h3-8,10H,1-2H3/t10-/m1/s1. The Balaban J connectivity index is 2.69. The van der Waals surface area contributed by atoms with E-state index < -0.39 is 0 Å². The largest absolute Gasteiger partial charge is 0.293 e. The molecule has 0 fully saturated rings. The van der Waals surface area contributed by atoms with Gasteiger partial charge in [-0.05, 0) is 12.5 Å². The quantitative estimate of drug-likeness (QED) is 0.648. The molecule has 1 aromatic carbocycles. The number of carbonyl (C=O) groups is 1. The van der Waals surface area contributed by atoms with Gasteiger partial charge in [-0.1, -0.05) is 30.3 Å². The molecule has 1 aromatic rings. The first-order chi connectivity index (χ1) is 6.20. The summed E-state index contributed by atoms with van der Waals surface area (Å²) in [7, 11) is 0. The fourth-order valence-electron chi connectivity index (χ4n) is 1.03. The van der Waals surface area contributed by atoms with Gasteiger partial charge in [0.2, 0.25) is 0 Å². The monoisotopic (exact) mass is 175 g/mol. The first-order valence-corrected chi connectivity index (χ1v) is 4.29. The zero-order chi connectivity index (χ0) is 9.68. The molecule has 0 aliphatic carbocycles. The van der Waals surface area contributed by atoms with E-state index in [1.54, 1.807) is 0 Å². The SMILES string of the molecule is CC(=O)C=N[C@H](C)c1ccccc1. The van der Waals surface area contributed by atoms with Gasteiger partial charge in [0.05, 0.1) is 12.3 Å². The molecule has 68 valence electrons. The number of hydrogen-bond donors (Lipinski definition) is 0. The number of aliphatic imine (C=N–C) groups is 1. The summed E-state index contributed by atoms with van der Waals surface area (Å²) in [6.45, 7) is 3.47. The Hall–Kier alpha value is -1.44. The van der Waals surface area contributed by atoms with Crippen molar-refractivity contribution in [3.8, 4) is 0 Å². The Morgan fingerprint density at radius 2 is 2.00 bits per heavy atom. The Bertz CT molecular complexity index is 303. The lowest BCUT2D eigenvalue weighted by molar-refractivity contribution is -0.110. The molecule has 0 radical (unpaired) electrons. The number of nitrogens with zero attached hydrogens (tertiary/aromatic N) is 1. The zero-order valence-corrected chi connectivity index (χ0v) is 7.90. The molecular formula is C11H13NO. The van der Waals surface area contributed by atoms with Crippen molar-refractivity contribution < 1.29 is 4.79 Å². The molecular weight excluding hydrogens is 162 g/mol. The molecule has 1 atom stereocenters. The third-order valence-electron chi connectivity index (χ3n) is 1.76. The van der Waals surface area contributed by atoms with Crippen LogP contribution in [-0.4, -0.2) is 12.0 Å². The van der Waals surface area contributed by atoms with Gasteiger partial charge < -0.3 is 0 Å². The molecule has 0 aromatic heterocycles. The lowest BCUT2D eigenvalue weighted by atomic mass is 10.1. The summed E-state index contributed by atoms with van der Waals surface area (Å²) in [4.78, 5) is 14.7. The van der Waals surface area contributed by atoms with E-state index >= 15 is 0 Å². The highest BCUT2D eigenvalue weighted by Crippen LogP contribution is 2.14. The van der Waals surface area contributed by atoms with E-state index in [0.29, 0.717) is 0 Å². The second-order valence-corrected chi connectivity index (χ2v) is 2.98. The number of Topliss-reactive ketones (excluding diaryl/α,β-unsaturated/α-hetero) is 1. The van der Waals surface area contributed by atoms with E-state index in [-0.39, 0.29) is 11.8 Å². The molecule has 2 nitrogen and oxygen atoms in total. The van der Waals surface area contributed by atoms with E-state index in [2.05, 4.69) is 4.99 Å². The topological polar surface area (TPSA) is 29.4 Å². The molecule has 0 bridgehead atoms. The first kappa shape index (κ1) is 9.65. The number of benzene rings is 1. The van der Waals surface area contributed by atoms with E-state index in [9.17, 15) is 4.79 Å². The average molecular weight is 175 g/mol. The third-order valence-corrected chi connectivity index (χ3v) is 1.76. The van der Waals surface area contributed by atoms with Crippen LogP contribution in [0.25, 0.3) is 0 Å². The van der Waals surface area contributed by atoms with Crippen LogP contribution < -0.4 is 0 Å². The molecule has 0 saturated carbocycles. The maximum atomic E-state index is 10.6. The minimum atomic E-state index is -0.0113. The van der Waals surface area contributed by atoms with Crippen LogP contribution in [0.4, 0.5) is 0 Å². The van der Waals surface area contributed by atoms with Crippen molar-refractivity contribution in [1.29, 1.82) is 0 Å². The zero-order valence-electron chi connectivity index (χ0n) is 7.90. The van der Waals surface area contributed by atoms with E-state index in [1.807, 2.05) is 37.3 Å². The van der Waals surface area contributed by atoms with Crippen LogP contribution in [0.1, 0.15) is 25.5 Å². The third kappa shape index (κ3) is 3.20. The molecule has 13 heavy (non-hydrogen) atoms. The van der Waals surface area contributed by atoms with Crippen molar-refractivity contribution in [2.45, 2.75) is 19.9 Å². The summed E-state index contributed by atoms with van der Waals surface area (Å²) in [6, 6.07) is 9.96. The van der Waals surface area contributed by atoms with Crippen molar-refractivity contribution in [2.75, 3.05) is 0 Å². The number of ketones is 1. The fourth-order valence-corrected chi connectivity index (χ4v) is 1.03. The minimum Gasteiger partial charge on any atom is -0.293 e. The summed E-state index contributed by atoms with van der Waals surface area (Å²) in [5.41, 5.74) is 1.13. The van der Waals surface area contributed by atoms with Gasteiger partial charge in [-0.3, -0.25) is 9.79 Å². The molecule has 0 aliphatic heterocycles. The average Bonchev–Trinajstić information content (AvgIpc) is 2.15. The fraction of sp³-hybridized carbons (Fsp3) is 0.273. The first-order valence-electron chi connectivity index (χ1n) is 4.29. The normalized spacial score (nSPS) is 13.1. The molecule has 0 aliphatic rings. The summed E-state index contributed by atoms with van der Waals surface area (Å²) < 4.78 is 0. The predicted octanol–water partition coefficient (Wildman–Crippen LogP) is 2.41. The van der Waals surface area contributed by atoms with Gasteiger partial charge in [0.1, 0.15) is 0 Å².